The number of halogens is 2. The Morgan fingerprint density at radius 2 is 1.00 bits per heavy atom. The fraction of sp³-hybridized carbons (Fsp3) is 0.723. The summed E-state index contributed by atoms with van der Waals surface area (Å²) in [4.78, 5) is 39.1. The number of unbranched alkanes of at least 4 members (excludes halogenated alkanes) is 13. The molecule has 1 unspecified atom stereocenters. The maximum absolute atomic E-state index is 12.9. The lowest BCUT2D eigenvalue weighted by Crippen LogP contribution is -2.63. The van der Waals surface area contributed by atoms with Gasteiger partial charge in [0.25, 0.3) is 0 Å². The van der Waals surface area contributed by atoms with Crippen LogP contribution in [0.1, 0.15) is 155 Å². The highest BCUT2D eigenvalue weighted by atomic mass is 19.1. The molecule has 326 valence electrons. The maximum atomic E-state index is 12.9. The zero-order chi connectivity index (χ0) is 41.4. The van der Waals surface area contributed by atoms with Crippen LogP contribution in [0.5, 0.6) is 0 Å². The van der Waals surface area contributed by atoms with Crippen molar-refractivity contribution in [2.24, 2.45) is 5.92 Å². The van der Waals surface area contributed by atoms with E-state index < -0.39 is 31.4 Å². The van der Waals surface area contributed by atoms with Crippen LogP contribution in [-0.4, -0.2) is 81.3 Å². The lowest BCUT2D eigenvalue weighted by Gasteiger charge is -2.42. The molecule has 0 aromatic rings. The summed E-state index contributed by atoms with van der Waals surface area (Å²) < 4.78 is 42.3. The van der Waals surface area contributed by atoms with E-state index in [9.17, 15) is 23.2 Å². The molecule has 57 heavy (non-hydrogen) atoms. The summed E-state index contributed by atoms with van der Waals surface area (Å²) in [6.07, 6.45) is 43.3. The van der Waals surface area contributed by atoms with Crippen molar-refractivity contribution in [3.8, 4) is 0 Å². The Bertz CT molecular complexity index is 1150. The molecule has 1 saturated heterocycles. The van der Waals surface area contributed by atoms with Gasteiger partial charge in [0, 0.05) is 25.9 Å². The van der Waals surface area contributed by atoms with Crippen molar-refractivity contribution >= 4 is 18.0 Å². The summed E-state index contributed by atoms with van der Waals surface area (Å²) in [6, 6.07) is -1.06. The number of nitrogens with zero attached hydrogens (tertiary/aromatic N) is 1. The Hall–Kier alpha value is -3.27. The molecule has 0 aromatic carbocycles. The Morgan fingerprint density at radius 3 is 1.47 bits per heavy atom. The molecular formula is C47H78F2N2O6. The topological polar surface area (TPSA) is 94.2 Å². The van der Waals surface area contributed by atoms with Crippen molar-refractivity contribution in [2.75, 3.05) is 46.3 Å². The molecule has 0 aliphatic carbocycles. The third kappa shape index (κ3) is 31.4. The fourth-order valence-electron chi connectivity index (χ4n) is 6.22. The second-order valence-electron chi connectivity index (χ2n) is 15.2. The lowest BCUT2D eigenvalue weighted by atomic mass is 10.1. The van der Waals surface area contributed by atoms with E-state index in [0.29, 0.717) is 25.9 Å². The molecule has 1 atom stereocenters. The van der Waals surface area contributed by atoms with Gasteiger partial charge in [0.15, 0.2) is 0 Å². The van der Waals surface area contributed by atoms with Crippen LogP contribution in [0.25, 0.3) is 0 Å². The van der Waals surface area contributed by atoms with E-state index in [4.69, 9.17) is 14.2 Å². The van der Waals surface area contributed by atoms with Gasteiger partial charge < -0.3 is 19.5 Å². The zero-order valence-electron chi connectivity index (χ0n) is 35.7. The summed E-state index contributed by atoms with van der Waals surface area (Å²) in [5.41, 5.74) is 0. The van der Waals surface area contributed by atoms with Crippen LogP contribution in [0.2, 0.25) is 0 Å². The van der Waals surface area contributed by atoms with Crippen molar-refractivity contribution in [3.05, 3.63) is 60.8 Å². The van der Waals surface area contributed by atoms with E-state index >= 15 is 0 Å². The largest absolute Gasteiger partial charge is 0.465 e. The minimum Gasteiger partial charge on any atom is -0.465 e. The average molecular weight is 805 g/mol. The number of hydrogen-bond acceptors (Lipinski definition) is 7. The first-order valence-electron chi connectivity index (χ1n) is 22.3. The lowest BCUT2D eigenvalue weighted by molar-refractivity contribution is -0.150. The van der Waals surface area contributed by atoms with Crippen molar-refractivity contribution in [1.29, 1.82) is 0 Å². The first kappa shape index (κ1) is 51.7. The first-order chi connectivity index (χ1) is 27.9. The standard InChI is InChI=1S/C47H78F2N2O6/c1-3-5-7-9-11-13-15-17-19-21-23-25-27-29-31-33-45(52)55-39-42(41-57-47(54)50-43-37-51(38-43)44(35-48)36-49)40-56-46(53)34-32-30-28-26-24-22-20-18-16-14-12-10-8-6-4-2/h5,7,11-14,17-20,42-44H,3-4,6,8-10,15-16,21-41H2,1-2H3,(H,50,54)/b7-5-,13-11-,14-12-,19-17-,20-18-. The fourth-order valence-corrected chi connectivity index (χ4v) is 6.22. The van der Waals surface area contributed by atoms with Gasteiger partial charge in [0.1, 0.15) is 33.2 Å². The predicted molar refractivity (Wildman–Crippen MR) is 230 cm³/mol. The number of ether oxygens (including phenoxy) is 3. The van der Waals surface area contributed by atoms with Crippen LogP contribution in [0.15, 0.2) is 60.8 Å². The Balaban J connectivity index is 2.32. The molecule has 0 aromatic heterocycles. The molecule has 0 radical (unpaired) electrons. The number of hydrogen-bond donors (Lipinski definition) is 1. The number of carbonyl (C=O) groups is 3. The highest BCUT2D eigenvalue weighted by Gasteiger charge is 2.33. The molecule has 1 aliphatic rings. The van der Waals surface area contributed by atoms with Crippen LogP contribution in [-0.2, 0) is 23.8 Å². The van der Waals surface area contributed by atoms with Crippen molar-refractivity contribution in [1.82, 2.24) is 10.2 Å². The van der Waals surface area contributed by atoms with E-state index in [0.717, 1.165) is 103 Å². The van der Waals surface area contributed by atoms with Gasteiger partial charge in [-0.05, 0) is 77.0 Å². The van der Waals surface area contributed by atoms with Gasteiger partial charge in [-0.2, -0.15) is 0 Å². The van der Waals surface area contributed by atoms with Gasteiger partial charge in [-0.25, -0.2) is 13.6 Å². The summed E-state index contributed by atoms with van der Waals surface area (Å²) in [6.45, 7) is 3.30. The highest BCUT2D eigenvalue weighted by Crippen LogP contribution is 2.15. The summed E-state index contributed by atoms with van der Waals surface area (Å²) >= 11 is 0. The molecule has 1 heterocycles. The number of amides is 1. The average Bonchev–Trinajstić information content (AvgIpc) is 3.19. The van der Waals surface area contributed by atoms with Gasteiger partial charge in [-0.15, -0.1) is 0 Å². The Morgan fingerprint density at radius 1 is 0.579 bits per heavy atom. The van der Waals surface area contributed by atoms with E-state index in [1.54, 1.807) is 4.90 Å². The van der Waals surface area contributed by atoms with Crippen LogP contribution in [0.3, 0.4) is 0 Å². The third-order valence-electron chi connectivity index (χ3n) is 9.88. The molecule has 0 saturated carbocycles. The Labute approximate surface area is 345 Å². The van der Waals surface area contributed by atoms with Crippen molar-refractivity contribution in [3.63, 3.8) is 0 Å². The minimum atomic E-state index is -0.791. The summed E-state index contributed by atoms with van der Waals surface area (Å²) in [5.74, 6) is -1.17. The minimum absolute atomic E-state index is 0.0351. The third-order valence-corrected chi connectivity index (χ3v) is 9.88. The van der Waals surface area contributed by atoms with E-state index in [2.05, 4.69) is 79.9 Å². The number of alkyl carbamates (subject to hydrolysis) is 1. The smallest absolute Gasteiger partial charge is 0.407 e. The molecule has 1 fully saturated rings. The maximum Gasteiger partial charge on any atom is 0.407 e. The second-order valence-corrected chi connectivity index (χ2v) is 15.2. The van der Waals surface area contributed by atoms with Gasteiger partial charge in [-0.3, -0.25) is 14.5 Å². The van der Waals surface area contributed by atoms with Crippen molar-refractivity contribution < 1.29 is 37.4 Å². The predicted octanol–water partition coefficient (Wildman–Crippen LogP) is 11.8. The summed E-state index contributed by atoms with van der Waals surface area (Å²) in [5, 5.41) is 2.70. The molecule has 0 spiro atoms. The van der Waals surface area contributed by atoms with Gasteiger partial charge in [0.05, 0.1) is 18.0 Å². The van der Waals surface area contributed by atoms with E-state index in [-0.39, 0.29) is 37.8 Å². The summed E-state index contributed by atoms with van der Waals surface area (Å²) in [7, 11) is 0. The van der Waals surface area contributed by atoms with Crippen LogP contribution < -0.4 is 5.32 Å². The molecule has 0 bridgehead atoms. The molecular weight excluding hydrogens is 727 g/mol. The number of alkyl halides is 2. The van der Waals surface area contributed by atoms with E-state index in [1.165, 1.54) is 25.7 Å². The molecule has 10 heteroatoms. The monoisotopic (exact) mass is 805 g/mol. The van der Waals surface area contributed by atoms with Crippen LogP contribution in [0, 0.1) is 5.92 Å². The number of carbonyl (C=O) groups excluding carboxylic acids is 3. The number of allylic oxidation sites excluding steroid dienone is 10. The highest BCUT2D eigenvalue weighted by molar-refractivity contribution is 5.70. The quantitative estimate of drug-likeness (QED) is 0.0289. The normalized spacial score (nSPS) is 14.5. The van der Waals surface area contributed by atoms with Gasteiger partial charge in [-0.1, -0.05) is 126 Å². The molecule has 1 amide bonds. The zero-order valence-corrected chi connectivity index (χ0v) is 35.7. The van der Waals surface area contributed by atoms with Crippen LogP contribution in [0.4, 0.5) is 13.6 Å². The molecule has 1 N–H and O–H groups in total. The second kappa shape index (κ2) is 38.3. The number of rotatable bonds is 37. The SMILES string of the molecule is CC/C=C\C/C=C\C/C=C\CCCCCCCC(=O)OCC(COC(=O)CCCCCCC/C=C\C/C=C\CCCCC)COC(=O)NC1CN(C(CF)CF)C1. The number of nitrogens with one attached hydrogen (secondary N) is 1. The van der Waals surface area contributed by atoms with E-state index in [1.807, 2.05) is 0 Å². The van der Waals surface area contributed by atoms with Crippen LogP contribution >= 0.6 is 0 Å². The first-order valence-corrected chi connectivity index (χ1v) is 22.3. The van der Waals surface area contributed by atoms with Crippen molar-refractivity contribution in [2.45, 2.75) is 167 Å². The molecule has 1 aliphatic heterocycles. The molecule has 8 nitrogen and oxygen atoms in total. The number of likely N-dealkylation sites (tertiary alicyclic amines) is 1. The number of esters is 2. The molecule has 1 rings (SSSR count). The van der Waals surface area contributed by atoms with Gasteiger partial charge in [0.2, 0.25) is 0 Å². The Kier molecular flexibility index (Phi) is 34.7. The van der Waals surface area contributed by atoms with Gasteiger partial charge >= 0.3 is 18.0 Å².